The highest BCUT2D eigenvalue weighted by Crippen LogP contribution is 2.41. The van der Waals surface area contributed by atoms with Crippen LogP contribution in [0.25, 0.3) is 0 Å². The predicted molar refractivity (Wildman–Crippen MR) is 161 cm³/mol. The molecule has 46 heavy (non-hydrogen) atoms. The summed E-state index contributed by atoms with van der Waals surface area (Å²) in [5, 5.41) is 0. The second-order valence-corrected chi connectivity index (χ2v) is 14.9. The van der Waals surface area contributed by atoms with Crippen LogP contribution in [0.4, 0.5) is 13.2 Å². The Labute approximate surface area is 266 Å². The normalized spacial score (nSPS) is 20.6. The molecule has 15 heteroatoms. The Kier molecular flexibility index (Phi) is 9.80. The van der Waals surface area contributed by atoms with Gasteiger partial charge in [0, 0.05) is 24.2 Å². The third-order valence-electron chi connectivity index (χ3n) is 8.58. The fraction of sp³-hybridized carbons (Fsp3) is 0.387. The molecule has 10 nitrogen and oxygen atoms in total. The lowest BCUT2D eigenvalue weighted by Crippen LogP contribution is -2.53. The Morgan fingerprint density at radius 2 is 1.57 bits per heavy atom. The highest BCUT2D eigenvalue weighted by molar-refractivity contribution is 7.90. The molecule has 2 aliphatic rings. The van der Waals surface area contributed by atoms with E-state index in [1.165, 1.54) is 60.5 Å². The van der Waals surface area contributed by atoms with E-state index < -0.39 is 61.0 Å². The zero-order chi connectivity index (χ0) is 33.4. The van der Waals surface area contributed by atoms with Crippen molar-refractivity contribution in [2.45, 2.75) is 66.9 Å². The van der Waals surface area contributed by atoms with E-state index in [2.05, 4.69) is 0 Å². The molecule has 0 aliphatic carbocycles. The van der Waals surface area contributed by atoms with Crippen LogP contribution in [0.15, 0.2) is 70.5 Å². The number of hydrogen-bond acceptors (Lipinski definition) is 8. The number of benzene rings is 3. The number of hydroxylamine groups is 1. The Bertz CT molecular complexity index is 1810. The van der Waals surface area contributed by atoms with E-state index in [-0.39, 0.29) is 45.1 Å². The molecule has 0 spiro atoms. The van der Waals surface area contributed by atoms with E-state index in [0.717, 1.165) is 11.6 Å². The highest BCUT2D eigenvalue weighted by atomic mass is 32.2. The van der Waals surface area contributed by atoms with Crippen molar-refractivity contribution in [2.24, 2.45) is 11.7 Å². The van der Waals surface area contributed by atoms with Crippen molar-refractivity contribution in [1.29, 1.82) is 0 Å². The molecule has 2 aliphatic heterocycles. The van der Waals surface area contributed by atoms with Crippen LogP contribution in [-0.4, -0.2) is 63.9 Å². The maximum absolute atomic E-state index is 14.3. The van der Waals surface area contributed by atoms with Crippen molar-refractivity contribution in [1.82, 2.24) is 9.37 Å². The number of nitrogens with zero attached hydrogens (tertiary/aromatic N) is 2. The minimum absolute atomic E-state index is 0.0449. The van der Waals surface area contributed by atoms with Crippen LogP contribution in [0, 0.1) is 30.3 Å². The van der Waals surface area contributed by atoms with Crippen molar-refractivity contribution < 1.29 is 43.8 Å². The van der Waals surface area contributed by atoms with Gasteiger partial charge in [0.15, 0.2) is 11.6 Å². The maximum atomic E-state index is 14.3. The number of nitrogens with two attached hydrogens (primary N) is 1. The number of hydrogen-bond donors (Lipinski definition) is 1. The SMILES string of the molecule is COc1ccccc1S(=O)(=O)N(CC(=O)N1[C@@H]2CC[C@H]1C[C@@H]([C@H](N)Cc1cc(F)c(F)cc1F)C2)OS(=O)(=O)c1ccc(C)cc1. The van der Waals surface area contributed by atoms with Crippen molar-refractivity contribution in [3.8, 4) is 5.75 Å². The lowest BCUT2D eigenvalue weighted by atomic mass is 9.82. The summed E-state index contributed by atoms with van der Waals surface area (Å²) in [6, 6.07) is 11.0. The molecule has 248 valence electrons. The van der Waals surface area contributed by atoms with E-state index in [0.29, 0.717) is 31.7 Å². The summed E-state index contributed by atoms with van der Waals surface area (Å²) in [4.78, 5) is 14.6. The molecule has 5 rings (SSSR count). The number of ether oxygens (including phenoxy) is 1. The van der Waals surface area contributed by atoms with Crippen LogP contribution in [0.1, 0.15) is 36.8 Å². The molecule has 2 saturated heterocycles. The number of sulfonamides is 1. The van der Waals surface area contributed by atoms with E-state index in [1.54, 1.807) is 6.92 Å². The molecule has 4 atom stereocenters. The average molecular weight is 682 g/mol. The number of carbonyl (C=O) groups excluding carboxylic acids is 1. The first-order valence-electron chi connectivity index (χ1n) is 14.6. The summed E-state index contributed by atoms with van der Waals surface area (Å²) >= 11 is 0. The first-order valence-corrected chi connectivity index (χ1v) is 17.4. The van der Waals surface area contributed by atoms with Gasteiger partial charge in [-0.2, -0.15) is 12.7 Å². The fourth-order valence-electron chi connectivity index (χ4n) is 6.26. The Balaban J connectivity index is 1.37. The molecule has 0 aromatic heterocycles. The van der Waals surface area contributed by atoms with Gasteiger partial charge in [-0.3, -0.25) is 4.79 Å². The van der Waals surface area contributed by atoms with Gasteiger partial charge in [-0.25, -0.2) is 21.6 Å². The van der Waals surface area contributed by atoms with Crippen LogP contribution in [0.3, 0.4) is 0 Å². The summed E-state index contributed by atoms with van der Waals surface area (Å²) in [7, 11) is -8.21. The molecule has 2 heterocycles. The number of halogens is 3. The fourth-order valence-corrected chi connectivity index (χ4v) is 8.80. The van der Waals surface area contributed by atoms with E-state index >= 15 is 0 Å². The summed E-state index contributed by atoms with van der Waals surface area (Å²) in [6.45, 7) is 0.800. The number of rotatable bonds is 11. The number of para-hydroxylation sites is 1. The summed E-state index contributed by atoms with van der Waals surface area (Å²) in [5.74, 6) is -4.32. The third-order valence-corrected chi connectivity index (χ3v) is 11.5. The van der Waals surface area contributed by atoms with E-state index in [1.807, 2.05) is 0 Å². The van der Waals surface area contributed by atoms with Crippen molar-refractivity contribution in [2.75, 3.05) is 13.7 Å². The summed E-state index contributed by atoms with van der Waals surface area (Å²) in [6.07, 6.45) is 1.92. The van der Waals surface area contributed by atoms with Crippen molar-refractivity contribution in [3.05, 3.63) is 89.2 Å². The van der Waals surface area contributed by atoms with Gasteiger partial charge in [0.05, 0.1) is 12.0 Å². The molecule has 2 fully saturated rings. The van der Waals surface area contributed by atoms with Crippen LogP contribution in [0.2, 0.25) is 0 Å². The monoisotopic (exact) mass is 681 g/mol. The largest absolute Gasteiger partial charge is 0.495 e. The Hall–Kier alpha value is -3.50. The molecule has 2 N–H and O–H groups in total. The summed E-state index contributed by atoms with van der Waals surface area (Å²) in [5.41, 5.74) is 7.11. The number of methoxy groups -OCH3 is 1. The van der Waals surface area contributed by atoms with Crippen LogP contribution in [0.5, 0.6) is 5.75 Å². The summed E-state index contributed by atoms with van der Waals surface area (Å²) < 4.78 is 106. The molecular weight excluding hydrogens is 647 g/mol. The van der Waals surface area contributed by atoms with Crippen molar-refractivity contribution >= 4 is 26.0 Å². The van der Waals surface area contributed by atoms with Gasteiger partial charge in [-0.05, 0) is 85.3 Å². The Morgan fingerprint density at radius 3 is 2.20 bits per heavy atom. The zero-order valence-electron chi connectivity index (χ0n) is 25.1. The van der Waals surface area contributed by atoms with Gasteiger partial charge in [0.2, 0.25) is 5.91 Å². The Morgan fingerprint density at radius 1 is 0.957 bits per heavy atom. The molecule has 2 bridgehead atoms. The molecule has 3 aromatic carbocycles. The zero-order valence-corrected chi connectivity index (χ0v) is 26.7. The van der Waals surface area contributed by atoms with Gasteiger partial charge in [0.1, 0.15) is 23.0 Å². The van der Waals surface area contributed by atoms with Gasteiger partial charge >= 0.3 is 10.1 Å². The number of piperidine rings is 1. The number of carbonyl (C=O) groups is 1. The van der Waals surface area contributed by atoms with Gasteiger partial charge < -0.3 is 15.4 Å². The lowest BCUT2D eigenvalue weighted by molar-refractivity contribution is -0.140. The molecule has 0 radical (unpaired) electrons. The third kappa shape index (κ3) is 6.93. The van der Waals surface area contributed by atoms with Crippen LogP contribution >= 0.6 is 0 Å². The minimum Gasteiger partial charge on any atom is -0.495 e. The van der Waals surface area contributed by atoms with Gasteiger partial charge in [-0.1, -0.05) is 29.8 Å². The van der Waals surface area contributed by atoms with Gasteiger partial charge in [0.25, 0.3) is 10.0 Å². The minimum atomic E-state index is -4.76. The first-order chi connectivity index (χ1) is 21.7. The number of amides is 1. The van der Waals surface area contributed by atoms with Crippen molar-refractivity contribution in [3.63, 3.8) is 0 Å². The second-order valence-electron chi connectivity index (χ2n) is 11.6. The molecule has 3 aromatic rings. The quantitative estimate of drug-likeness (QED) is 0.236. The molecular formula is C31H34F3N3O7S2. The van der Waals surface area contributed by atoms with E-state index in [4.69, 9.17) is 14.8 Å². The number of fused-ring (bicyclic) bond motifs is 2. The van der Waals surface area contributed by atoms with Crippen LogP contribution < -0.4 is 10.5 Å². The lowest BCUT2D eigenvalue weighted by Gasteiger charge is -2.41. The predicted octanol–water partition coefficient (Wildman–Crippen LogP) is 4.07. The molecule has 0 unspecified atom stereocenters. The first kappa shape index (κ1) is 33.9. The molecule has 0 saturated carbocycles. The smallest absolute Gasteiger partial charge is 0.314 e. The van der Waals surface area contributed by atoms with Gasteiger partial charge in [-0.15, -0.1) is 0 Å². The maximum Gasteiger partial charge on any atom is 0.314 e. The van der Waals surface area contributed by atoms with E-state index in [9.17, 15) is 34.8 Å². The molecule has 1 amide bonds. The average Bonchev–Trinajstić information content (AvgIpc) is 3.28. The standard InChI is InChI=1S/C31H34F3N3O7S2/c1-19-7-11-24(12-8-19)46(41,42)44-36(45(39,40)30-6-4-3-5-29(30)43-2)18-31(38)37-22-9-10-23(37)14-21(13-22)28(35)16-20-15-26(33)27(34)17-25(20)32/h3-8,11-12,15,17,21-23,28H,9-10,13-14,16,18,35H2,1-2H3/t21-,22+,23-,28-/m1/s1. The van der Waals surface area contributed by atoms with Crippen LogP contribution in [-0.2, 0) is 35.6 Å². The highest BCUT2D eigenvalue weighted by Gasteiger charge is 2.46. The number of aryl methyl sites for hydroxylation is 1. The topological polar surface area (TPSA) is 136 Å². The second kappa shape index (κ2) is 13.3.